The smallest absolute Gasteiger partial charge is 0.227 e. The van der Waals surface area contributed by atoms with Crippen LogP contribution in [-0.4, -0.2) is 51.3 Å². The fraction of sp³-hybridized carbons (Fsp3) is 0.474. The molecule has 0 saturated carbocycles. The zero-order valence-electron chi connectivity index (χ0n) is 15.3. The lowest BCUT2D eigenvalue weighted by atomic mass is 9.95. The second-order valence-electron chi connectivity index (χ2n) is 7.46. The first-order valence-electron chi connectivity index (χ1n) is 9.40. The van der Waals surface area contributed by atoms with Crippen LogP contribution in [0.15, 0.2) is 24.4 Å². The van der Waals surface area contributed by atoms with Gasteiger partial charge in [0.1, 0.15) is 17.3 Å². The molecule has 2 saturated heterocycles. The van der Waals surface area contributed by atoms with E-state index in [-0.39, 0.29) is 24.2 Å². The number of piperidine rings is 1. The van der Waals surface area contributed by atoms with Crippen molar-refractivity contribution in [2.45, 2.75) is 25.8 Å². The van der Waals surface area contributed by atoms with Gasteiger partial charge in [-0.25, -0.2) is 8.78 Å². The van der Waals surface area contributed by atoms with Crippen LogP contribution >= 0.6 is 0 Å². The molecule has 0 aliphatic carbocycles. The van der Waals surface area contributed by atoms with E-state index in [1.165, 1.54) is 12.1 Å². The summed E-state index contributed by atoms with van der Waals surface area (Å²) in [6, 6.07) is 3.27. The van der Waals surface area contributed by atoms with E-state index in [1.807, 2.05) is 4.90 Å². The number of nitrogens with one attached hydrogen (secondary N) is 1. The van der Waals surface area contributed by atoms with E-state index >= 15 is 0 Å². The molecule has 7 nitrogen and oxygen atoms in total. The van der Waals surface area contributed by atoms with Gasteiger partial charge in [0, 0.05) is 44.2 Å². The molecule has 9 heteroatoms. The number of rotatable bonds is 4. The van der Waals surface area contributed by atoms with Crippen LogP contribution in [0.4, 0.5) is 8.78 Å². The SMILES string of the molecule is O=C1CC(C(=O)N2CCC(Cn3cc(-c4cc(F)cc(F)c4)nn3)CC2)CN1. The van der Waals surface area contributed by atoms with Crippen LogP contribution in [0.1, 0.15) is 19.3 Å². The van der Waals surface area contributed by atoms with Crippen molar-refractivity contribution in [3.05, 3.63) is 36.0 Å². The Morgan fingerprint density at radius 1 is 1.18 bits per heavy atom. The summed E-state index contributed by atoms with van der Waals surface area (Å²) in [5.41, 5.74) is 0.772. The van der Waals surface area contributed by atoms with Gasteiger partial charge in [-0.1, -0.05) is 5.21 Å². The van der Waals surface area contributed by atoms with Crippen LogP contribution in [0.25, 0.3) is 11.3 Å². The predicted molar refractivity (Wildman–Crippen MR) is 95.8 cm³/mol. The Hall–Kier alpha value is -2.84. The van der Waals surface area contributed by atoms with Crippen LogP contribution in [-0.2, 0) is 16.1 Å². The van der Waals surface area contributed by atoms with E-state index < -0.39 is 11.6 Å². The highest BCUT2D eigenvalue weighted by molar-refractivity contribution is 5.89. The van der Waals surface area contributed by atoms with E-state index in [2.05, 4.69) is 15.6 Å². The lowest BCUT2D eigenvalue weighted by molar-refractivity contribution is -0.137. The maximum Gasteiger partial charge on any atom is 0.227 e. The number of nitrogens with zero attached hydrogens (tertiary/aromatic N) is 4. The topological polar surface area (TPSA) is 80.1 Å². The van der Waals surface area contributed by atoms with Gasteiger partial charge in [-0.05, 0) is 30.9 Å². The van der Waals surface area contributed by atoms with Gasteiger partial charge in [0.2, 0.25) is 11.8 Å². The summed E-state index contributed by atoms with van der Waals surface area (Å²) in [5.74, 6) is -1.22. The summed E-state index contributed by atoms with van der Waals surface area (Å²) in [6.45, 7) is 2.38. The molecule has 0 radical (unpaired) electrons. The highest BCUT2D eigenvalue weighted by Crippen LogP contribution is 2.24. The number of carbonyl (C=O) groups is 2. The molecule has 1 unspecified atom stereocenters. The van der Waals surface area contributed by atoms with Crippen LogP contribution < -0.4 is 5.32 Å². The second-order valence-corrected chi connectivity index (χ2v) is 7.46. The molecule has 2 aliphatic rings. The number of amides is 2. The summed E-state index contributed by atoms with van der Waals surface area (Å²) >= 11 is 0. The lowest BCUT2D eigenvalue weighted by Gasteiger charge is -2.33. The lowest BCUT2D eigenvalue weighted by Crippen LogP contribution is -2.43. The Bertz CT molecular complexity index is 872. The summed E-state index contributed by atoms with van der Waals surface area (Å²) < 4.78 is 28.4. The molecule has 1 atom stereocenters. The standard InChI is InChI=1S/C19H21F2N5O2/c20-15-5-13(6-16(21)8-15)17-11-26(24-23-17)10-12-1-3-25(4-2-12)19(28)14-7-18(27)22-9-14/h5-6,8,11-12,14H,1-4,7,9-10H2,(H,22,27). The molecule has 3 heterocycles. The minimum atomic E-state index is -0.652. The van der Waals surface area contributed by atoms with Crippen molar-refractivity contribution in [2.24, 2.45) is 11.8 Å². The van der Waals surface area contributed by atoms with Gasteiger partial charge >= 0.3 is 0 Å². The third-order valence-electron chi connectivity index (χ3n) is 5.40. The van der Waals surface area contributed by atoms with Crippen LogP contribution in [0.5, 0.6) is 0 Å². The Kier molecular flexibility index (Phi) is 5.06. The van der Waals surface area contributed by atoms with Crippen molar-refractivity contribution in [3.8, 4) is 11.3 Å². The van der Waals surface area contributed by atoms with Crippen molar-refractivity contribution < 1.29 is 18.4 Å². The first-order valence-corrected chi connectivity index (χ1v) is 9.40. The third-order valence-corrected chi connectivity index (χ3v) is 5.40. The predicted octanol–water partition coefficient (Wildman–Crippen LogP) is 1.60. The van der Waals surface area contributed by atoms with Gasteiger partial charge in [-0.2, -0.15) is 0 Å². The fourth-order valence-corrected chi connectivity index (χ4v) is 3.86. The number of likely N-dealkylation sites (tertiary alicyclic amines) is 1. The molecule has 1 aromatic carbocycles. The molecule has 1 N–H and O–H groups in total. The van der Waals surface area contributed by atoms with Gasteiger partial charge in [0.05, 0.1) is 12.1 Å². The van der Waals surface area contributed by atoms with Gasteiger partial charge < -0.3 is 10.2 Å². The number of hydrogen-bond donors (Lipinski definition) is 1. The normalized spacial score (nSPS) is 20.4. The minimum Gasteiger partial charge on any atom is -0.355 e. The number of hydrogen-bond acceptors (Lipinski definition) is 4. The molecule has 2 amide bonds. The summed E-state index contributed by atoms with van der Waals surface area (Å²) in [4.78, 5) is 25.6. The number of benzene rings is 1. The average Bonchev–Trinajstić information content (AvgIpc) is 3.30. The Balaban J connectivity index is 1.32. The molecule has 28 heavy (non-hydrogen) atoms. The first-order chi connectivity index (χ1) is 13.5. The highest BCUT2D eigenvalue weighted by Gasteiger charge is 2.33. The zero-order valence-corrected chi connectivity index (χ0v) is 15.3. The Morgan fingerprint density at radius 2 is 1.89 bits per heavy atom. The first kappa shape index (κ1) is 18.5. The van der Waals surface area contributed by atoms with Crippen LogP contribution in [0, 0.1) is 23.5 Å². The summed E-state index contributed by atoms with van der Waals surface area (Å²) in [7, 11) is 0. The molecule has 2 aromatic rings. The number of aromatic nitrogens is 3. The fourth-order valence-electron chi connectivity index (χ4n) is 3.86. The van der Waals surface area contributed by atoms with Gasteiger partial charge in [0.15, 0.2) is 0 Å². The van der Waals surface area contributed by atoms with E-state index in [1.54, 1.807) is 10.9 Å². The van der Waals surface area contributed by atoms with Crippen molar-refractivity contribution in [2.75, 3.05) is 19.6 Å². The van der Waals surface area contributed by atoms with E-state index in [0.717, 1.165) is 18.9 Å². The van der Waals surface area contributed by atoms with Crippen molar-refractivity contribution >= 4 is 11.8 Å². The minimum absolute atomic E-state index is 0.0490. The van der Waals surface area contributed by atoms with Crippen molar-refractivity contribution in [1.29, 1.82) is 0 Å². The van der Waals surface area contributed by atoms with Crippen LogP contribution in [0.3, 0.4) is 0 Å². The van der Waals surface area contributed by atoms with E-state index in [0.29, 0.717) is 43.4 Å². The molecule has 4 rings (SSSR count). The molecular formula is C19H21F2N5O2. The summed E-state index contributed by atoms with van der Waals surface area (Å²) in [5, 5.41) is 10.8. The highest BCUT2D eigenvalue weighted by atomic mass is 19.1. The largest absolute Gasteiger partial charge is 0.355 e. The Labute approximate surface area is 160 Å². The quantitative estimate of drug-likeness (QED) is 0.861. The zero-order chi connectivity index (χ0) is 19.7. The van der Waals surface area contributed by atoms with Crippen molar-refractivity contribution in [1.82, 2.24) is 25.2 Å². The van der Waals surface area contributed by atoms with E-state index in [4.69, 9.17) is 0 Å². The average molecular weight is 389 g/mol. The number of carbonyl (C=O) groups excluding carboxylic acids is 2. The monoisotopic (exact) mass is 389 g/mol. The number of halogens is 2. The third kappa shape index (κ3) is 4.02. The summed E-state index contributed by atoms with van der Waals surface area (Å²) in [6.07, 6.45) is 3.63. The molecule has 0 bridgehead atoms. The molecule has 148 valence electrons. The van der Waals surface area contributed by atoms with Gasteiger partial charge in [-0.3, -0.25) is 14.3 Å². The molecule has 1 aromatic heterocycles. The van der Waals surface area contributed by atoms with Gasteiger partial charge in [-0.15, -0.1) is 5.10 Å². The maximum absolute atomic E-state index is 13.4. The molecule has 2 fully saturated rings. The van der Waals surface area contributed by atoms with Crippen LogP contribution in [0.2, 0.25) is 0 Å². The molecular weight excluding hydrogens is 368 g/mol. The molecule has 2 aliphatic heterocycles. The molecule has 0 spiro atoms. The maximum atomic E-state index is 13.4. The van der Waals surface area contributed by atoms with Crippen molar-refractivity contribution in [3.63, 3.8) is 0 Å². The second kappa shape index (κ2) is 7.65. The van der Waals surface area contributed by atoms with Gasteiger partial charge in [0.25, 0.3) is 0 Å². The Morgan fingerprint density at radius 3 is 2.54 bits per heavy atom. The van der Waals surface area contributed by atoms with E-state index in [9.17, 15) is 18.4 Å².